The number of esters is 1. The Labute approximate surface area is 237 Å². The highest BCUT2D eigenvalue weighted by Gasteiger charge is 2.33. The zero-order chi connectivity index (χ0) is 27.9. The van der Waals surface area contributed by atoms with Crippen LogP contribution in [0.25, 0.3) is 6.08 Å². The van der Waals surface area contributed by atoms with Crippen molar-refractivity contribution in [1.29, 1.82) is 0 Å². The van der Waals surface area contributed by atoms with Crippen molar-refractivity contribution in [2.45, 2.75) is 13.5 Å². The molecule has 39 heavy (non-hydrogen) atoms. The summed E-state index contributed by atoms with van der Waals surface area (Å²) in [6.07, 6.45) is 1.71. The van der Waals surface area contributed by atoms with E-state index < -0.39 is 10.9 Å². The quantitative estimate of drug-likeness (QED) is 0.154. The fourth-order valence-corrected chi connectivity index (χ4v) is 5.20. The lowest BCUT2D eigenvalue weighted by Crippen LogP contribution is -2.12. The van der Waals surface area contributed by atoms with Crippen LogP contribution in [-0.4, -0.2) is 34.8 Å². The van der Waals surface area contributed by atoms with Gasteiger partial charge in [0.25, 0.3) is 5.69 Å². The molecule has 0 aliphatic carbocycles. The lowest BCUT2D eigenvalue weighted by molar-refractivity contribution is -0.384. The van der Waals surface area contributed by atoms with E-state index in [0.29, 0.717) is 37.2 Å². The summed E-state index contributed by atoms with van der Waals surface area (Å²) in [5.74, 6) is -0.0140. The number of carbonyl (C=O) groups excluding carboxylic acids is 1. The van der Waals surface area contributed by atoms with Gasteiger partial charge in [0.2, 0.25) is 0 Å². The molecule has 9 nitrogen and oxygen atoms in total. The molecule has 0 spiro atoms. The van der Waals surface area contributed by atoms with Crippen LogP contribution in [-0.2, 0) is 16.1 Å². The van der Waals surface area contributed by atoms with E-state index in [1.165, 1.54) is 19.2 Å². The van der Waals surface area contributed by atoms with E-state index in [1.807, 2.05) is 18.2 Å². The van der Waals surface area contributed by atoms with Crippen LogP contribution in [0, 0.1) is 10.1 Å². The normalized spacial score (nSPS) is 15.1. The Hall–Kier alpha value is -4.09. The molecule has 0 radical (unpaired) electrons. The van der Waals surface area contributed by atoms with E-state index in [2.05, 4.69) is 20.9 Å². The molecule has 3 aromatic rings. The maximum atomic E-state index is 12.7. The Bertz CT molecular complexity index is 1490. The summed E-state index contributed by atoms with van der Waals surface area (Å²) < 4.78 is 17.2. The summed E-state index contributed by atoms with van der Waals surface area (Å²) >= 11 is 4.67. The average Bonchev–Trinajstić information content (AvgIpc) is 3.22. The summed E-state index contributed by atoms with van der Waals surface area (Å²) in [4.78, 5) is 28.0. The minimum atomic E-state index is -0.658. The number of rotatable bonds is 9. The van der Waals surface area contributed by atoms with Crippen LogP contribution >= 0.6 is 27.7 Å². The molecule has 0 unspecified atom stereocenters. The van der Waals surface area contributed by atoms with Gasteiger partial charge in [-0.25, -0.2) is 9.79 Å². The van der Waals surface area contributed by atoms with Gasteiger partial charge in [0, 0.05) is 12.1 Å². The largest absolute Gasteiger partial charge is 0.506 e. The van der Waals surface area contributed by atoms with Crippen molar-refractivity contribution in [1.82, 2.24) is 0 Å². The first-order valence-corrected chi connectivity index (χ1v) is 13.3. The molecule has 0 aromatic heterocycles. The number of nitro groups is 1. The van der Waals surface area contributed by atoms with Crippen molar-refractivity contribution in [2.24, 2.45) is 4.99 Å². The minimum absolute atomic E-state index is 0.0000657. The van der Waals surface area contributed by atoms with Gasteiger partial charge in [-0.2, -0.15) is 0 Å². The topological polar surface area (TPSA) is 120 Å². The second kappa shape index (κ2) is 12.6. The SMILES string of the molecule is CCOC(=O)C1=C(O)/C(=C/c2cc(Br)c(OCc3ccc([N+](=O)[O-])cc3)c(OC)c2)SC1=Nc1ccccc1. The molecule has 0 bridgehead atoms. The van der Waals surface area contributed by atoms with E-state index in [-0.39, 0.29) is 30.2 Å². The number of nitro benzene ring substituents is 1. The molecular weight excluding hydrogens is 588 g/mol. The first kappa shape index (κ1) is 27.9. The van der Waals surface area contributed by atoms with Crippen molar-refractivity contribution in [3.63, 3.8) is 0 Å². The molecule has 1 aliphatic heterocycles. The van der Waals surface area contributed by atoms with E-state index in [9.17, 15) is 20.0 Å². The Morgan fingerprint density at radius 1 is 1.15 bits per heavy atom. The summed E-state index contributed by atoms with van der Waals surface area (Å²) in [6, 6.07) is 18.7. The summed E-state index contributed by atoms with van der Waals surface area (Å²) in [5, 5.41) is 22.2. The van der Waals surface area contributed by atoms with E-state index >= 15 is 0 Å². The van der Waals surface area contributed by atoms with Crippen LogP contribution in [0.15, 0.2) is 92.4 Å². The van der Waals surface area contributed by atoms with Crippen molar-refractivity contribution in [2.75, 3.05) is 13.7 Å². The van der Waals surface area contributed by atoms with Crippen molar-refractivity contribution >= 4 is 56.2 Å². The average molecular weight is 611 g/mol. The Morgan fingerprint density at radius 2 is 1.87 bits per heavy atom. The predicted molar refractivity (Wildman–Crippen MR) is 154 cm³/mol. The first-order chi connectivity index (χ1) is 18.8. The fraction of sp³-hybridized carbons (Fsp3) is 0.143. The van der Waals surface area contributed by atoms with Gasteiger partial charge >= 0.3 is 5.97 Å². The molecule has 0 amide bonds. The maximum absolute atomic E-state index is 12.7. The number of carbonyl (C=O) groups is 1. The highest BCUT2D eigenvalue weighted by molar-refractivity contribution is 9.10. The van der Waals surface area contributed by atoms with Gasteiger partial charge in [0.15, 0.2) is 11.5 Å². The highest BCUT2D eigenvalue weighted by Crippen LogP contribution is 2.42. The number of ether oxygens (including phenoxy) is 3. The number of nitrogens with zero attached hydrogens (tertiary/aromatic N) is 2. The zero-order valence-corrected chi connectivity index (χ0v) is 23.3. The number of para-hydroxylation sites is 1. The number of aliphatic hydroxyl groups excluding tert-OH is 1. The van der Waals surface area contributed by atoms with Crippen LogP contribution in [0.4, 0.5) is 11.4 Å². The van der Waals surface area contributed by atoms with Gasteiger partial charge in [-0.1, -0.05) is 30.0 Å². The van der Waals surface area contributed by atoms with Gasteiger partial charge in [-0.15, -0.1) is 0 Å². The fourth-order valence-electron chi connectivity index (χ4n) is 3.60. The third-order valence-corrected chi connectivity index (χ3v) is 7.05. The number of hydrogen-bond acceptors (Lipinski definition) is 9. The van der Waals surface area contributed by atoms with E-state index in [4.69, 9.17) is 14.2 Å². The number of aliphatic imine (C=N–C) groups is 1. The maximum Gasteiger partial charge on any atom is 0.344 e. The number of hydrogen-bond donors (Lipinski definition) is 1. The number of thioether (sulfide) groups is 1. The molecule has 0 saturated carbocycles. The van der Waals surface area contributed by atoms with E-state index in [0.717, 1.165) is 17.3 Å². The van der Waals surface area contributed by atoms with Crippen LogP contribution in [0.1, 0.15) is 18.1 Å². The molecule has 1 N–H and O–H groups in total. The second-order valence-corrected chi connectivity index (χ2v) is 9.94. The van der Waals surface area contributed by atoms with Gasteiger partial charge in [-0.3, -0.25) is 10.1 Å². The monoisotopic (exact) mass is 610 g/mol. The van der Waals surface area contributed by atoms with Crippen LogP contribution in [0.2, 0.25) is 0 Å². The molecule has 0 fully saturated rings. The number of halogens is 1. The Balaban J connectivity index is 1.62. The molecular formula is C28H23BrN2O7S. The van der Waals surface area contributed by atoms with Crippen molar-refractivity contribution in [3.8, 4) is 11.5 Å². The number of non-ortho nitro benzene ring substituents is 1. The molecule has 1 heterocycles. The lowest BCUT2D eigenvalue weighted by Gasteiger charge is -2.14. The summed E-state index contributed by atoms with van der Waals surface area (Å²) in [6.45, 7) is 2.01. The van der Waals surface area contributed by atoms with Gasteiger partial charge in [0.05, 0.1) is 33.7 Å². The molecule has 0 atom stereocenters. The van der Waals surface area contributed by atoms with Gasteiger partial charge in [0.1, 0.15) is 23.0 Å². The standard InChI is InChI=1S/C28H23BrN2O7S/c1-3-37-28(33)24-25(32)23(39-27(24)30-19-7-5-4-6-8-19)15-18-13-21(29)26(22(14-18)36-2)38-16-17-9-11-20(12-10-17)31(34)35/h4-15,32H,3,16H2,1-2H3/b23-15-,30-27?. The van der Waals surface area contributed by atoms with Crippen LogP contribution in [0.5, 0.6) is 11.5 Å². The number of benzene rings is 3. The van der Waals surface area contributed by atoms with Gasteiger partial charge < -0.3 is 19.3 Å². The van der Waals surface area contributed by atoms with Gasteiger partial charge in [-0.05, 0) is 76.5 Å². The Kier molecular flexibility index (Phi) is 9.05. The minimum Gasteiger partial charge on any atom is -0.506 e. The zero-order valence-electron chi connectivity index (χ0n) is 20.9. The first-order valence-electron chi connectivity index (χ1n) is 11.7. The summed E-state index contributed by atoms with van der Waals surface area (Å²) in [7, 11) is 1.50. The number of methoxy groups -OCH3 is 1. The third kappa shape index (κ3) is 6.68. The summed E-state index contributed by atoms with van der Waals surface area (Å²) in [5.41, 5.74) is 2.05. The molecule has 4 rings (SSSR count). The molecule has 200 valence electrons. The smallest absolute Gasteiger partial charge is 0.344 e. The number of aliphatic hydroxyl groups is 1. The molecule has 11 heteroatoms. The molecule has 0 saturated heterocycles. The molecule has 3 aromatic carbocycles. The van der Waals surface area contributed by atoms with Crippen LogP contribution in [0.3, 0.4) is 0 Å². The molecule has 1 aliphatic rings. The van der Waals surface area contributed by atoms with Crippen LogP contribution < -0.4 is 9.47 Å². The highest BCUT2D eigenvalue weighted by atomic mass is 79.9. The van der Waals surface area contributed by atoms with Crippen molar-refractivity contribution in [3.05, 3.63) is 109 Å². The predicted octanol–water partition coefficient (Wildman–Crippen LogP) is 7.14. The Morgan fingerprint density at radius 3 is 2.51 bits per heavy atom. The van der Waals surface area contributed by atoms with E-state index in [1.54, 1.807) is 49.4 Å². The second-order valence-electron chi connectivity index (χ2n) is 8.05. The third-order valence-electron chi connectivity index (χ3n) is 5.44. The lowest BCUT2D eigenvalue weighted by atomic mass is 10.1. The van der Waals surface area contributed by atoms with Crippen molar-refractivity contribution < 1.29 is 29.0 Å².